The molecule has 0 atom stereocenters. The number of halogens is 4. The lowest BCUT2D eigenvalue weighted by Gasteiger charge is -2.12. The first-order chi connectivity index (χ1) is 11.1. The van der Waals surface area contributed by atoms with Gasteiger partial charge in [-0.1, -0.05) is 11.6 Å². The van der Waals surface area contributed by atoms with E-state index in [1.807, 2.05) is 0 Å². The number of anilines is 3. The Hall–Kier alpha value is -2.00. The van der Waals surface area contributed by atoms with Crippen LogP contribution in [-0.4, -0.2) is 19.2 Å². The van der Waals surface area contributed by atoms with E-state index in [4.69, 9.17) is 11.6 Å². The van der Waals surface area contributed by atoms with Gasteiger partial charge in [-0.2, -0.15) is 13.2 Å². The highest BCUT2D eigenvalue weighted by atomic mass is 35.5. The SMILES string of the molecule is CCS(=O)(=O)Nc1ccc(Nc2ccc(Cl)c(C(F)(F)F)c2)nc1. The Labute approximate surface area is 141 Å². The lowest BCUT2D eigenvalue weighted by atomic mass is 10.2. The Kier molecular flexibility index (Phi) is 5.24. The highest BCUT2D eigenvalue weighted by molar-refractivity contribution is 7.92. The van der Waals surface area contributed by atoms with Gasteiger partial charge in [-0.3, -0.25) is 4.72 Å². The summed E-state index contributed by atoms with van der Waals surface area (Å²) in [5.74, 6) is 0.169. The molecule has 2 N–H and O–H groups in total. The summed E-state index contributed by atoms with van der Waals surface area (Å²) >= 11 is 5.55. The number of alkyl halides is 3. The predicted octanol–water partition coefficient (Wildman–Crippen LogP) is 4.26. The monoisotopic (exact) mass is 379 g/mol. The van der Waals surface area contributed by atoms with E-state index in [1.165, 1.54) is 31.3 Å². The van der Waals surface area contributed by atoms with Crippen LogP contribution >= 0.6 is 11.6 Å². The van der Waals surface area contributed by atoms with Crippen LogP contribution in [0.25, 0.3) is 0 Å². The molecule has 2 rings (SSSR count). The van der Waals surface area contributed by atoms with Crippen molar-refractivity contribution in [2.45, 2.75) is 13.1 Å². The van der Waals surface area contributed by atoms with Gasteiger partial charge in [-0.25, -0.2) is 13.4 Å². The van der Waals surface area contributed by atoms with Crippen LogP contribution in [-0.2, 0) is 16.2 Å². The van der Waals surface area contributed by atoms with Crippen LogP contribution in [0.1, 0.15) is 12.5 Å². The number of aromatic nitrogens is 1. The van der Waals surface area contributed by atoms with Crippen LogP contribution in [0.5, 0.6) is 0 Å². The molecule has 0 amide bonds. The predicted molar refractivity (Wildman–Crippen MR) is 87.1 cm³/mol. The lowest BCUT2D eigenvalue weighted by Crippen LogP contribution is -2.14. The molecule has 130 valence electrons. The molecular formula is C14H13ClF3N3O2S. The molecule has 24 heavy (non-hydrogen) atoms. The topological polar surface area (TPSA) is 71.1 Å². The summed E-state index contributed by atoms with van der Waals surface area (Å²) in [4.78, 5) is 3.95. The standard InChI is InChI=1S/C14H13ClF3N3O2S/c1-2-24(22,23)21-10-4-6-13(19-8-10)20-9-3-5-12(15)11(7-9)14(16,17)18/h3-8,21H,2H2,1H3,(H,19,20). The third-order valence-corrected chi connectivity index (χ3v) is 4.60. The van der Waals surface area contributed by atoms with Gasteiger partial charge in [-0.05, 0) is 37.3 Å². The number of nitrogens with zero attached hydrogens (tertiary/aromatic N) is 1. The molecule has 5 nitrogen and oxygen atoms in total. The van der Waals surface area contributed by atoms with Gasteiger partial charge in [0, 0.05) is 5.69 Å². The van der Waals surface area contributed by atoms with Crippen molar-refractivity contribution in [1.82, 2.24) is 4.98 Å². The Balaban J connectivity index is 2.18. The first kappa shape index (κ1) is 18.3. The smallest absolute Gasteiger partial charge is 0.340 e. The summed E-state index contributed by atoms with van der Waals surface area (Å²) in [6.07, 6.45) is -3.30. The zero-order valence-corrected chi connectivity index (χ0v) is 13.9. The van der Waals surface area contributed by atoms with Gasteiger partial charge >= 0.3 is 6.18 Å². The van der Waals surface area contributed by atoms with Crippen molar-refractivity contribution in [3.05, 3.63) is 47.1 Å². The van der Waals surface area contributed by atoms with Crippen molar-refractivity contribution >= 4 is 38.8 Å². The molecule has 1 heterocycles. The van der Waals surface area contributed by atoms with Crippen molar-refractivity contribution < 1.29 is 21.6 Å². The second-order valence-electron chi connectivity index (χ2n) is 4.75. The third-order valence-electron chi connectivity index (χ3n) is 2.96. The minimum Gasteiger partial charge on any atom is -0.340 e. The molecule has 0 aliphatic heterocycles. The third kappa shape index (κ3) is 4.75. The maximum absolute atomic E-state index is 12.8. The maximum Gasteiger partial charge on any atom is 0.417 e. The molecule has 1 aromatic heterocycles. The van der Waals surface area contributed by atoms with Crippen LogP contribution in [0.15, 0.2) is 36.5 Å². The Morgan fingerprint density at radius 1 is 1.17 bits per heavy atom. The van der Waals surface area contributed by atoms with Crippen LogP contribution in [0.4, 0.5) is 30.4 Å². The number of benzene rings is 1. The molecule has 0 saturated carbocycles. The Bertz CT molecular complexity index is 824. The summed E-state index contributed by atoms with van der Waals surface area (Å²) in [6.45, 7) is 1.49. The number of rotatable bonds is 5. The second kappa shape index (κ2) is 6.86. The molecular weight excluding hydrogens is 367 g/mol. The van der Waals surface area contributed by atoms with Crippen molar-refractivity contribution in [3.63, 3.8) is 0 Å². The molecule has 10 heteroatoms. The first-order valence-corrected chi connectivity index (χ1v) is 8.74. The molecule has 0 fully saturated rings. The lowest BCUT2D eigenvalue weighted by molar-refractivity contribution is -0.137. The second-order valence-corrected chi connectivity index (χ2v) is 7.17. The number of hydrogen-bond donors (Lipinski definition) is 2. The molecule has 0 bridgehead atoms. The molecule has 0 saturated heterocycles. The molecule has 0 radical (unpaired) electrons. The number of hydrogen-bond acceptors (Lipinski definition) is 4. The zero-order chi connectivity index (χ0) is 18.0. The van der Waals surface area contributed by atoms with Crippen molar-refractivity contribution in [1.29, 1.82) is 0 Å². The average molecular weight is 380 g/mol. The molecule has 0 aliphatic rings. The molecule has 0 spiro atoms. The normalized spacial score (nSPS) is 12.0. The van der Waals surface area contributed by atoms with E-state index in [0.717, 1.165) is 12.1 Å². The van der Waals surface area contributed by atoms with Gasteiger partial charge in [0.1, 0.15) is 5.82 Å². The first-order valence-electron chi connectivity index (χ1n) is 6.71. The fourth-order valence-electron chi connectivity index (χ4n) is 1.75. The van der Waals surface area contributed by atoms with E-state index in [-0.39, 0.29) is 22.9 Å². The summed E-state index contributed by atoms with van der Waals surface area (Å²) in [7, 11) is -3.42. The van der Waals surface area contributed by atoms with Crippen molar-refractivity contribution in [3.8, 4) is 0 Å². The van der Waals surface area contributed by atoms with Crippen molar-refractivity contribution in [2.75, 3.05) is 15.8 Å². The van der Waals surface area contributed by atoms with E-state index in [9.17, 15) is 21.6 Å². The van der Waals surface area contributed by atoms with Crippen LogP contribution in [0.2, 0.25) is 5.02 Å². The fraction of sp³-hybridized carbons (Fsp3) is 0.214. The van der Waals surface area contributed by atoms with Crippen LogP contribution in [0.3, 0.4) is 0 Å². The highest BCUT2D eigenvalue weighted by Gasteiger charge is 2.33. The Morgan fingerprint density at radius 2 is 1.83 bits per heavy atom. The van der Waals surface area contributed by atoms with E-state index < -0.39 is 26.8 Å². The summed E-state index contributed by atoms with van der Waals surface area (Å²) < 4.78 is 63.6. The summed E-state index contributed by atoms with van der Waals surface area (Å²) in [5, 5.41) is 2.30. The van der Waals surface area contributed by atoms with Crippen molar-refractivity contribution in [2.24, 2.45) is 0 Å². The van der Waals surface area contributed by atoms with Crippen LogP contribution < -0.4 is 10.0 Å². The fourth-order valence-corrected chi connectivity index (χ4v) is 2.60. The Morgan fingerprint density at radius 3 is 2.38 bits per heavy atom. The maximum atomic E-state index is 12.8. The molecule has 0 aliphatic carbocycles. The minimum atomic E-state index is -4.56. The number of sulfonamides is 1. The number of pyridine rings is 1. The average Bonchev–Trinajstić information content (AvgIpc) is 2.50. The quantitative estimate of drug-likeness (QED) is 0.814. The highest BCUT2D eigenvalue weighted by Crippen LogP contribution is 2.36. The van der Waals surface area contributed by atoms with E-state index in [1.54, 1.807) is 0 Å². The molecule has 1 aromatic carbocycles. The number of nitrogens with one attached hydrogen (secondary N) is 2. The van der Waals surface area contributed by atoms with Gasteiger partial charge < -0.3 is 5.32 Å². The van der Waals surface area contributed by atoms with E-state index in [0.29, 0.717) is 0 Å². The van der Waals surface area contributed by atoms with Gasteiger partial charge in [0.2, 0.25) is 10.0 Å². The van der Waals surface area contributed by atoms with Gasteiger partial charge in [0.15, 0.2) is 0 Å². The molecule has 0 unspecified atom stereocenters. The zero-order valence-electron chi connectivity index (χ0n) is 12.4. The van der Waals surface area contributed by atoms with Gasteiger partial charge in [0.05, 0.1) is 28.2 Å². The summed E-state index contributed by atoms with van der Waals surface area (Å²) in [5.41, 5.74) is -0.544. The van der Waals surface area contributed by atoms with Gasteiger partial charge in [0.25, 0.3) is 0 Å². The largest absolute Gasteiger partial charge is 0.417 e. The van der Waals surface area contributed by atoms with Gasteiger partial charge in [-0.15, -0.1) is 0 Å². The molecule has 2 aromatic rings. The summed E-state index contributed by atoms with van der Waals surface area (Å²) in [6, 6.07) is 6.28. The van der Waals surface area contributed by atoms with Crippen LogP contribution in [0, 0.1) is 0 Å². The van der Waals surface area contributed by atoms with E-state index >= 15 is 0 Å². The van der Waals surface area contributed by atoms with E-state index in [2.05, 4.69) is 15.0 Å². The minimum absolute atomic E-state index is 0.0853.